The van der Waals surface area contributed by atoms with Gasteiger partial charge in [-0.15, -0.1) is 0 Å². The van der Waals surface area contributed by atoms with E-state index in [1.165, 1.54) is 0 Å². The monoisotopic (exact) mass is 413 g/mol. The SMILES string of the molecule is CCOC(=O)N[C@H](NC(=S)Nc1ccc(OCC)cc1)C(Cl)(Cl)Cl. The van der Waals surface area contributed by atoms with Gasteiger partial charge in [0.15, 0.2) is 11.3 Å². The number of carbonyl (C=O) groups is 1. The quantitative estimate of drug-likeness (QED) is 0.373. The molecule has 134 valence electrons. The molecule has 0 radical (unpaired) electrons. The molecule has 24 heavy (non-hydrogen) atoms. The Balaban J connectivity index is 2.65. The van der Waals surface area contributed by atoms with E-state index in [9.17, 15) is 4.79 Å². The van der Waals surface area contributed by atoms with E-state index in [0.717, 1.165) is 5.75 Å². The molecule has 0 aliphatic heterocycles. The molecular formula is C14H18Cl3N3O3S. The first kappa shape index (κ1) is 20.9. The highest BCUT2D eigenvalue weighted by molar-refractivity contribution is 7.80. The van der Waals surface area contributed by atoms with E-state index in [2.05, 4.69) is 16.0 Å². The third-order valence-electron chi connectivity index (χ3n) is 2.56. The molecule has 6 nitrogen and oxygen atoms in total. The molecule has 1 amide bonds. The molecule has 0 aliphatic rings. The Morgan fingerprint density at radius 3 is 2.29 bits per heavy atom. The third-order valence-corrected chi connectivity index (χ3v) is 3.44. The van der Waals surface area contributed by atoms with Crippen molar-refractivity contribution in [2.75, 3.05) is 18.5 Å². The summed E-state index contributed by atoms with van der Waals surface area (Å²) in [6, 6.07) is 7.14. The Morgan fingerprint density at radius 1 is 1.17 bits per heavy atom. The number of alkyl halides is 3. The van der Waals surface area contributed by atoms with Gasteiger partial charge >= 0.3 is 6.09 Å². The Bertz CT molecular complexity index is 552. The zero-order valence-electron chi connectivity index (χ0n) is 13.1. The van der Waals surface area contributed by atoms with Crippen molar-refractivity contribution in [2.45, 2.75) is 23.8 Å². The molecule has 0 fully saturated rings. The zero-order chi connectivity index (χ0) is 18.2. The van der Waals surface area contributed by atoms with Gasteiger partial charge in [0.2, 0.25) is 3.79 Å². The van der Waals surface area contributed by atoms with E-state index in [4.69, 9.17) is 56.5 Å². The number of hydrogen-bond acceptors (Lipinski definition) is 4. The molecule has 0 heterocycles. The van der Waals surface area contributed by atoms with E-state index >= 15 is 0 Å². The molecule has 1 aromatic carbocycles. The number of hydrogen-bond donors (Lipinski definition) is 3. The van der Waals surface area contributed by atoms with Crippen molar-refractivity contribution in [3.05, 3.63) is 24.3 Å². The Morgan fingerprint density at radius 2 is 1.79 bits per heavy atom. The van der Waals surface area contributed by atoms with Gasteiger partial charge in [-0.05, 0) is 50.3 Å². The molecule has 0 saturated carbocycles. The number of carbonyl (C=O) groups excluding carboxylic acids is 1. The summed E-state index contributed by atoms with van der Waals surface area (Å²) < 4.78 is 8.28. The molecule has 0 spiro atoms. The maximum Gasteiger partial charge on any atom is 0.408 e. The minimum Gasteiger partial charge on any atom is -0.494 e. The molecule has 0 aliphatic carbocycles. The van der Waals surface area contributed by atoms with Crippen LogP contribution in [0.1, 0.15) is 13.8 Å². The second-order valence-corrected chi connectivity index (χ2v) is 7.17. The first-order valence-corrected chi connectivity index (χ1v) is 8.60. The van der Waals surface area contributed by atoms with Crippen LogP contribution in [0.15, 0.2) is 24.3 Å². The largest absolute Gasteiger partial charge is 0.494 e. The van der Waals surface area contributed by atoms with E-state index in [1.54, 1.807) is 31.2 Å². The van der Waals surface area contributed by atoms with Crippen molar-refractivity contribution in [3.63, 3.8) is 0 Å². The first-order valence-electron chi connectivity index (χ1n) is 7.06. The van der Waals surface area contributed by atoms with Crippen molar-refractivity contribution in [3.8, 4) is 5.75 Å². The van der Waals surface area contributed by atoms with Gasteiger partial charge < -0.3 is 20.1 Å². The maximum absolute atomic E-state index is 11.5. The lowest BCUT2D eigenvalue weighted by molar-refractivity contribution is 0.147. The van der Waals surface area contributed by atoms with E-state index in [0.29, 0.717) is 12.3 Å². The van der Waals surface area contributed by atoms with Crippen LogP contribution in [0.2, 0.25) is 0 Å². The number of ether oxygens (including phenoxy) is 2. The molecule has 1 aromatic rings. The summed E-state index contributed by atoms with van der Waals surface area (Å²) in [4.78, 5) is 11.5. The second-order valence-electron chi connectivity index (χ2n) is 4.40. The lowest BCUT2D eigenvalue weighted by Crippen LogP contribution is -2.56. The van der Waals surface area contributed by atoms with Gasteiger partial charge in [-0.2, -0.15) is 0 Å². The highest BCUT2D eigenvalue weighted by Crippen LogP contribution is 2.29. The summed E-state index contributed by atoms with van der Waals surface area (Å²) in [6.45, 7) is 4.33. The van der Waals surface area contributed by atoms with E-state index < -0.39 is 16.1 Å². The van der Waals surface area contributed by atoms with E-state index in [1.807, 2.05) is 6.92 Å². The molecule has 0 bridgehead atoms. The van der Waals surface area contributed by atoms with Gasteiger partial charge in [0.1, 0.15) is 5.75 Å². The molecule has 0 unspecified atom stereocenters. The molecule has 0 saturated heterocycles. The topological polar surface area (TPSA) is 71.6 Å². The number of halogens is 3. The van der Waals surface area contributed by atoms with Gasteiger partial charge in [0.05, 0.1) is 13.2 Å². The van der Waals surface area contributed by atoms with Crippen molar-refractivity contribution < 1.29 is 14.3 Å². The number of thiocarbonyl (C=S) groups is 1. The molecule has 1 atom stereocenters. The van der Waals surface area contributed by atoms with Crippen molar-refractivity contribution in [2.24, 2.45) is 0 Å². The number of nitrogens with one attached hydrogen (secondary N) is 3. The number of rotatable bonds is 6. The third kappa shape index (κ3) is 7.61. The van der Waals surface area contributed by atoms with Crippen LogP contribution in [0, 0.1) is 0 Å². The number of amides is 1. The molecular weight excluding hydrogens is 397 g/mol. The van der Waals surface area contributed by atoms with Crippen LogP contribution in [-0.4, -0.2) is 34.4 Å². The number of benzene rings is 1. The molecule has 3 N–H and O–H groups in total. The van der Waals surface area contributed by atoms with Crippen molar-refractivity contribution in [1.29, 1.82) is 0 Å². The standard InChI is InChI=1S/C14H18Cl3N3O3S/c1-3-22-10-7-5-9(6-8-10)18-12(24)19-11(14(15,16)17)20-13(21)23-4-2/h5-8,11H,3-4H2,1-2H3,(H,20,21)(H2,18,19,24)/t11-/m0/s1. The van der Waals surface area contributed by atoms with Crippen LogP contribution in [0.5, 0.6) is 5.75 Å². The average molecular weight is 415 g/mol. The van der Waals surface area contributed by atoms with Crippen LogP contribution in [0.3, 0.4) is 0 Å². The van der Waals surface area contributed by atoms with Crippen LogP contribution >= 0.6 is 47.0 Å². The lowest BCUT2D eigenvalue weighted by Gasteiger charge is -2.27. The first-order chi connectivity index (χ1) is 11.3. The average Bonchev–Trinajstić information content (AvgIpc) is 2.48. The summed E-state index contributed by atoms with van der Waals surface area (Å²) in [5, 5.41) is 8.18. The normalized spacial score (nSPS) is 12.0. The Kier molecular flexibility index (Phi) is 8.69. The van der Waals surface area contributed by atoms with Gasteiger partial charge in [-0.3, -0.25) is 5.32 Å². The van der Waals surface area contributed by atoms with Crippen LogP contribution in [-0.2, 0) is 4.74 Å². The summed E-state index contributed by atoms with van der Waals surface area (Å²) >= 11 is 22.7. The molecule has 10 heteroatoms. The summed E-state index contributed by atoms with van der Waals surface area (Å²) in [6.07, 6.45) is -1.81. The minimum absolute atomic E-state index is 0.160. The number of alkyl carbamates (subject to hydrolysis) is 1. The van der Waals surface area contributed by atoms with E-state index in [-0.39, 0.29) is 11.7 Å². The van der Waals surface area contributed by atoms with Gasteiger partial charge in [-0.1, -0.05) is 34.8 Å². The summed E-state index contributed by atoms with van der Waals surface area (Å²) in [5.74, 6) is 0.741. The van der Waals surface area contributed by atoms with Crippen molar-refractivity contribution >= 4 is 63.9 Å². The predicted molar refractivity (Wildman–Crippen MR) is 101 cm³/mol. The fourth-order valence-corrected chi connectivity index (χ4v) is 2.15. The van der Waals surface area contributed by atoms with Gasteiger partial charge in [-0.25, -0.2) is 4.79 Å². The van der Waals surface area contributed by atoms with Gasteiger partial charge in [0.25, 0.3) is 0 Å². The van der Waals surface area contributed by atoms with Crippen LogP contribution < -0.4 is 20.7 Å². The highest BCUT2D eigenvalue weighted by Gasteiger charge is 2.35. The van der Waals surface area contributed by atoms with Crippen LogP contribution in [0.25, 0.3) is 0 Å². The summed E-state index contributed by atoms with van der Waals surface area (Å²) in [7, 11) is 0. The smallest absolute Gasteiger partial charge is 0.408 e. The highest BCUT2D eigenvalue weighted by atomic mass is 35.6. The Labute approximate surface area is 161 Å². The Hall–Kier alpha value is -1.15. The molecule has 1 rings (SSSR count). The fourth-order valence-electron chi connectivity index (χ4n) is 1.59. The second kappa shape index (κ2) is 9.98. The molecule has 0 aromatic heterocycles. The minimum atomic E-state index is -1.84. The zero-order valence-corrected chi connectivity index (χ0v) is 16.2. The van der Waals surface area contributed by atoms with Crippen molar-refractivity contribution in [1.82, 2.24) is 10.6 Å². The van der Waals surface area contributed by atoms with Crippen LogP contribution in [0.4, 0.5) is 10.5 Å². The lowest BCUT2D eigenvalue weighted by atomic mass is 10.3. The maximum atomic E-state index is 11.5. The predicted octanol–water partition coefficient (Wildman–Crippen LogP) is 3.81. The fraction of sp³-hybridized carbons (Fsp3) is 0.429. The number of anilines is 1. The summed E-state index contributed by atoms with van der Waals surface area (Å²) in [5.41, 5.74) is 0.704. The van der Waals surface area contributed by atoms with Gasteiger partial charge in [0, 0.05) is 5.69 Å².